The number of aromatic carboxylic acids is 1. The van der Waals surface area contributed by atoms with Crippen LogP contribution in [0.2, 0.25) is 0 Å². The molecule has 1 N–H and O–H groups in total. The highest BCUT2D eigenvalue weighted by molar-refractivity contribution is 7.17. The lowest BCUT2D eigenvalue weighted by molar-refractivity contribution is 0.0700. The van der Waals surface area contributed by atoms with Gasteiger partial charge in [0.25, 0.3) is 0 Å². The molecule has 4 nitrogen and oxygen atoms in total. The average molecular weight is 282 g/mol. The van der Waals surface area contributed by atoms with Crippen LogP contribution in [0.25, 0.3) is 0 Å². The molecule has 0 saturated carbocycles. The van der Waals surface area contributed by atoms with E-state index in [0.717, 1.165) is 30.3 Å². The molecule has 106 valence electrons. The normalized spacial score (nSPS) is 21.4. The number of aromatic nitrogens is 1. The number of carbonyl (C=O) groups is 1. The first-order valence-corrected chi connectivity index (χ1v) is 7.83. The van der Waals surface area contributed by atoms with Crippen molar-refractivity contribution in [3.05, 3.63) is 10.6 Å². The van der Waals surface area contributed by atoms with E-state index in [9.17, 15) is 9.90 Å². The van der Waals surface area contributed by atoms with Gasteiger partial charge in [0.05, 0.1) is 5.69 Å². The van der Waals surface area contributed by atoms with Crippen molar-refractivity contribution in [2.45, 2.75) is 46.0 Å². The molecule has 1 aliphatic heterocycles. The Morgan fingerprint density at radius 2 is 2.37 bits per heavy atom. The third-order valence-corrected chi connectivity index (χ3v) is 4.96. The molecule has 1 fully saturated rings. The summed E-state index contributed by atoms with van der Waals surface area (Å²) in [5.41, 5.74) is 0.758. The second-order valence-corrected chi connectivity index (χ2v) is 6.50. The lowest BCUT2D eigenvalue weighted by Crippen LogP contribution is -2.34. The summed E-state index contributed by atoms with van der Waals surface area (Å²) in [6.07, 6.45) is 3.34. The van der Waals surface area contributed by atoms with Crippen LogP contribution in [-0.2, 0) is 0 Å². The third kappa shape index (κ3) is 3.08. The molecule has 19 heavy (non-hydrogen) atoms. The summed E-state index contributed by atoms with van der Waals surface area (Å²) < 4.78 is 0. The van der Waals surface area contributed by atoms with E-state index in [2.05, 4.69) is 23.7 Å². The van der Waals surface area contributed by atoms with Crippen molar-refractivity contribution in [1.29, 1.82) is 0 Å². The number of thiazole rings is 1. The molecule has 0 bridgehead atoms. The zero-order valence-electron chi connectivity index (χ0n) is 11.8. The van der Waals surface area contributed by atoms with Crippen LogP contribution >= 0.6 is 11.3 Å². The fourth-order valence-electron chi connectivity index (χ4n) is 2.50. The van der Waals surface area contributed by atoms with Gasteiger partial charge in [-0.15, -0.1) is 0 Å². The van der Waals surface area contributed by atoms with Crippen LogP contribution < -0.4 is 4.90 Å². The molecule has 1 aliphatic rings. The standard InChI is InChI=1S/C14H22N2O2S/c1-4-10(3)11-12(13(17)18)19-14(15-11)16-7-5-6-9(2)8-16/h9-10H,4-8H2,1-3H3,(H,17,18). The van der Waals surface area contributed by atoms with Gasteiger partial charge in [0.1, 0.15) is 4.88 Å². The molecule has 0 aromatic carbocycles. The SMILES string of the molecule is CCC(C)c1nc(N2CCCC(C)C2)sc1C(=O)O. The van der Waals surface area contributed by atoms with Crippen LogP contribution in [0.1, 0.15) is 61.3 Å². The van der Waals surface area contributed by atoms with Gasteiger partial charge >= 0.3 is 5.97 Å². The maximum Gasteiger partial charge on any atom is 0.347 e. The first-order valence-electron chi connectivity index (χ1n) is 7.01. The molecule has 0 spiro atoms. The maximum atomic E-state index is 11.4. The Morgan fingerprint density at radius 3 is 2.95 bits per heavy atom. The zero-order chi connectivity index (χ0) is 14.0. The number of anilines is 1. The average Bonchev–Trinajstić information content (AvgIpc) is 2.83. The van der Waals surface area contributed by atoms with Crippen LogP contribution in [-0.4, -0.2) is 29.1 Å². The number of hydrogen-bond donors (Lipinski definition) is 1. The Labute approximate surface area is 118 Å². The van der Waals surface area contributed by atoms with E-state index < -0.39 is 5.97 Å². The van der Waals surface area contributed by atoms with Crippen molar-refractivity contribution >= 4 is 22.4 Å². The summed E-state index contributed by atoms with van der Waals surface area (Å²) in [6.45, 7) is 8.35. The lowest BCUT2D eigenvalue weighted by atomic mass is 10.0. The van der Waals surface area contributed by atoms with Gasteiger partial charge in [-0.2, -0.15) is 0 Å². The predicted octanol–water partition coefficient (Wildman–Crippen LogP) is 3.59. The van der Waals surface area contributed by atoms with Crippen LogP contribution in [0.5, 0.6) is 0 Å². The van der Waals surface area contributed by atoms with Crippen molar-refractivity contribution in [2.75, 3.05) is 18.0 Å². The number of hydrogen-bond acceptors (Lipinski definition) is 4. The monoisotopic (exact) mass is 282 g/mol. The van der Waals surface area contributed by atoms with Gasteiger partial charge in [0, 0.05) is 13.1 Å². The summed E-state index contributed by atoms with van der Waals surface area (Å²) >= 11 is 1.34. The maximum absolute atomic E-state index is 11.4. The van der Waals surface area contributed by atoms with Crippen LogP contribution in [0, 0.1) is 5.92 Å². The van der Waals surface area contributed by atoms with Crippen molar-refractivity contribution in [3.63, 3.8) is 0 Å². The van der Waals surface area contributed by atoms with E-state index in [1.807, 2.05) is 6.92 Å². The first kappa shape index (κ1) is 14.3. The van der Waals surface area contributed by atoms with Gasteiger partial charge in [-0.05, 0) is 31.1 Å². The lowest BCUT2D eigenvalue weighted by Gasteiger charge is -2.30. The number of rotatable bonds is 4. The topological polar surface area (TPSA) is 53.4 Å². The van der Waals surface area contributed by atoms with Crippen LogP contribution in [0.4, 0.5) is 5.13 Å². The van der Waals surface area contributed by atoms with Gasteiger partial charge in [0.2, 0.25) is 0 Å². The first-order chi connectivity index (χ1) is 9.02. The molecule has 2 unspecified atom stereocenters. The minimum atomic E-state index is -0.843. The number of carboxylic acid groups (broad SMARTS) is 1. The second-order valence-electron chi connectivity index (χ2n) is 5.52. The smallest absolute Gasteiger partial charge is 0.347 e. The minimum Gasteiger partial charge on any atom is -0.477 e. The van der Waals surface area contributed by atoms with Crippen molar-refractivity contribution < 1.29 is 9.90 Å². The van der Waals surface area contributed by atoms with E-state index in [4.69, 9.17) is 0 Å². The molecule has 2 atom stereocenters. The summed E-state index contributed by atoms with van der Waals surface area (Å²) in [5, 5.41) is 10.2. The third-order valence-electron chi connectivity index (χ3n) is 3.84. The molecule has 0 radical (unpaired) electrons. The molecular formula is C14H22N2O2S. The van der Waals surface area contributed by atoms with Gasteiger partial charge < -0.3 is 10.0 Å². The van der Waals surface area contributed by atoms with E-state index in [-0.39, 0.29) is 5.92 Å². The van der Waals surface area contributed by atoms with Gasteiger partial charge in [-0.3, -0.25) is 0 Å². The second kappa shape index (κ2) is 5.90. The number of piperidine rings is 1. The molecule has 0 amide bonds. The van der Waals surface area contributed by atoms with Gasteiger partial charge in [0.15, 0.2) is 5.13 Å². The Morgan fingerprint density at radius 1 is 1.63 bits per heavy atom. The Balaban J connectivity index is 2.29. The Kier molecular flexibility index (Phi) is 4.45. The van der Waals surface area contributed by atoms with Crippen LogP contribution in [0.3, 0.4) is 0 Å². The highest BCUT2D eigenvalue weighted by Crippen LogP contribution is 2.34. The van der Waals surface area contributed by atoms with Crippen LogP contribution in [0.15, 0.2) is 0 Å². The summed E-state index contributed by atoms with van der Waals surface area (Å²) in [5.74, 6) is 0.0281. The molecule has 1 saturated heterocycles. The number of carboxylic acids is 1. The molecule has 1 aromatic heterocycles. The molecule has 2 heterocycles. The largest absolute Gasteiger partial charge is 0.477 e. The van der Waals surface area contributed by atoms with Crippen molar-refractivity contribution in [1.82, 2.24) is 4.98 Å². The quantitative estimate of drug-likeness (QED) is 0.917. The molecule has 0 aliphatic carbocycles. The van der Waals surface area contributed by atoms with E-state index in [1.165, 1.54) is 24.2 Å². The molecule has 5 heteroatoms. The summed E-state index contributed by atoms with van der Waals surface area (Å²) in [6, 6.07) is 0. The molecule has 2 rings (SSSR count). The van der Waals surface area contributed by atoms with Gasteiger partial charge in [-0.1, -0.05) is 32.1 Å². The Bertz CT molecular complexity index is 458. The predicted molar refractivity (Wildman–Crippen MR) is 78.4 cm³/mol. The highest BCUT2D eigenvalue weighted by atomic mass is 32.1. The van der Waals surface area contributed by atoms with E-state index in [1.54, 1.807) is 0 Å². The fraction of sp³-hybridized carbons (Fsp3) is 0.714. The van der Waals surface area contributed by atoms with E-state index >= 15 is 0 Å². The molecular weight excluding hydrogens is 260 g/mol. The number of nitrogens with zero attached hydrogens (tertiary/aromatic N) is 2. The summed E-state index contributed by atoms with van der Waals surface area (Å²) in [7, 11) is 0. The molecule has 1 aromatic rings. The highest BCUT2D eigenvalue weighted by Gasteiger charge is 2.25. The van der Waals surface area contributed by atoms with Crippen molar-refractivity contribution in [2.24, 2.45) is 5.92 Å². The summed E-state index contributed by atoms with van der Waals surface area (Å²) in [4.78, 5) is 18.6. The Hall–Kier alpha value is -1.10. The van der Waals surface area contributed by atoms with Crippen molar-refractivity contribution in [3.8, 4) is 0 Å². The zero-order valence-corrected chi connectivity index (χ0v) is 12.7. The minimum absolute atomic E-state index is 0.207. The van der Waals surface area contributed by atoms with Gasteiger partial charge in [-0.25, -0.2) is 9.78 Å². The van der Waals surface area contributed by atoms with E-state index in [0.29, 0.717) is 10.8 Å². The fourth-order valence-corrected chi connectivity index (χ4v) is 3.56.